The predicted octanol–water partition coefficient (Wildman–Crippen LogP) is 1.69. The van der Waals surface area contributed by atoms with Crippen molar-refractivity contribution in [2.24, 2.45) is 20.0 Å². The number of halogens is 1. The van der Waals surface area contributed by atoms with Gasteiger partial charge < -0.3 is 10.7 Å². The molecule has 142 valence electrons. The van der Waals surface area contributed by atoms with Crippen molar-refractivity contribution in [1.82, 2.24) is 16.2 Å². The molecule has 2 unspecified atom stereocenters. The molecule has 0 spiro atoms. The van der Waals surface area contributed by atoms with E-state index in [-0.39, 0.29) is 12.5 Å². The summed E-state index contributed by atoms with van der Waals surface area (Å²) in [5.74, 6) is 3.07. The Bertz CT molecular complexity index is 778. The van der Waals surface area contributed by atoms with E-state index in [0.717, 1.165) is 11.4 Å². The summed E-state index contributed by atoms with van der Waals surface area (Å²) in [7, 11) is 1.69. The van der Waals surface area contributed by atoms with Crippen LogP contribution in [0.1, 0.15) is 19.8 Å². The van der Waals surface area contributed by atoms with Gasteiger partial charge in [-0.2, -0.15) is 0 Å². The summed E-state index contributed by atoms with van der Waals surface area (Å²) in [6.07, 6.45) is 11.8. The first-order valence-electron chi connectivity index (χ1n) is 8.59. The Morgan fingerprint density at radius 1 is 1.59 bits per heavy atom. The molecule has 0 aromatic rings. The van der Waals surface area contributed by atoms with Crippen LogP contribution < -0.4 is 16.2 Å². The SMILES string of the molecule is C#CCC(=N/C=C\CCNC(=C)C1=NC=NC2=CC1NNC2=NC)C(C)F. The minimum absolute atomic E-state index is 0.162. The highest BCUT2D eigenvalue weighted by atomic mass is 19.1. The summed E-state index contributed by atoms with van der Waals surface area (Å²) >= 11 is 0. The average Bonchev–Trinajstić information content (AvgIpc) is 2.82. The van der Waals surface area contributed by atoms with E-state index < -0.39 is 6.17 Å². The second kappa shape index (κ2) is 10.2. The number of hydrazine groups is 1. The van der Waals surface area contributed by atoms with Crippen molar-refractivity contribution >= 4 is 23.6 Å². The maximum absolute atomic E-state index is 13.3. The van der Waals surface area contributed by atoms with Gasteiger partial charge in [0, 0.05) is 19.8 Å². The molecule has 27 heavy (non-hydrogen) atoms. The van der Waals surface area contributed by atoms with E-state index in [1.54, 1.807) is 13.2 Å². The van der Waals surface area contributed by atoms with Crippen LogP contribution in [0.25, 0.3) is 0 Å². The van der Waals surface area contributed by atoms with Crippen molar-refractivity contribution in [1.29, 1.82) is 0 Å². The molecule has 2 bridgehead atoms. The summed E-state index contributed by atoms with van der Waals surface area (Å²) in [5, 5.41) is 3.22. The molecule has 2 aliphatic heterocycles. The molecule has 0 aliphatic carbocycles. The van der Waals surface area contributed by atoms with Crippen LogP contribution >= 0.6 is 0 Å². The molecular formula is C19H24FN7. The number of rotatable bonds is 8. The van der Waals surface area contributed by atoms with Crippen molar-refractivity contribution < 1.29 is 4.39 Å². The first-order valence-corrected chi connectivity index (χ1v) is 8.59. The molecule has 2 heterocycles. The molecule has 0 amide bonds. The van der Waals surface area contributed by atoms with E-state index in [0.29, 0.717) is 30.2 Å². The Morgan fingerprint density at radius 3 is 3.11 bits per heavy atom. The van der Waals surface area contributed by atoms with Crippen LogP contribution in [0.2, 0.25) is 0 Å². The lowest BCUT2D eigenvalue weighted by Gasteiger charge is -2.24. The molecule has 8 heteroatoms. The molecule has 2 atom stereocenters. The lowest BCUT2D eigenvalue weighted by Crippen LogP contribution is -2.52. The standard InChI is InChI=1S/C19H24FN7/c1-5-8-15(13(2)20)23-10-7-6-9-22-14(3)18-16-11-17(24-12-25-18)19(21-4)27-26-16/h1,7,10-13,16,22,26H,3,6,8-9H2,2,4H3,(H,21,27)/b10-7-,23-15?. The average molecular weight is 369 g/mol. The Labute approximate surface area is 159 Å². The molecule has 2 aliphatic rings. The summed E-state index contributed by atoms with van der Waals surface area (Å²) in [4.78, 5) is 16.8. The van der Waals surface area contributed by atoms with Gasteiger partial charge in [0.05, 0.1) is 29.6 Å². The smallest absolute Gasteiger partial charge is 0.161 e. The Kier molecular flexibility index (Phi) is 7.64. The van der Waals surface area contributed by atoms with Crippen molar-refractivity contribution in [2.75, 3.05) is 13.6 Å². The summed E-state index contributed by atoms with van der Waals surface area (Å²) in [5.41, 5.74) is 8.64. The fourth-order valence-corrected chi connectivity index (χ4v) is 2.42. The van der Waals surface area contributed by atoms with Gasteiger partial charge in [-0.25, -0.2) is 19.8 Å². The molecule has 0 aromatic heterocycles. The van der Waals surface area contributed by atoms with E-state index in [4.69, 9.17) is 6.42 Å². The highest BCUT2D eigenvalue weighted by molar-refractivity contribution is 6.11. The van der Waals surface area contributed by atoms with Crippen molar-refractivity contribution in [2.45, 2.75) is 32.0 Å². The second-order valence-electron chi connectivity index (χ2n) is 5.83. The molecule has 7 nitrogen and oxygen atoms in total. The molecule has 0 saturated carbocycles. The first-order chi connectivity index (χ1) is 13.1. The number of alkyl halides is 1. The van der Waals surface area contributed by atoms with Gasteiger partial charge in [0.15, 0.2) is 5.84 Å². The van der Waals surface area contributed by atoms with Crippen LogP contribution in [-0.2, 0) is 0 Å². The highest BCUT2D eigenvalue weighted by Gasteiger charge is 2.24. The molecule has 2 rings (SSSR count). The van der Waals surface area contributed by atoms with E-state index in [1.165, 1.54) is 13.3 Å². The molecule has 3 N–H and O–H groups in total. The van der Waals surface area contributed by atoms with Crippen molar-refractivity contribution in [3.05, 3.63) is 36.3 Å². The molecular weight excluding hydrogens is 345 g/mol. The summed E-state index contributed by atoms with van der Waals surface area (Å²) in [6.45, 7) is 6.11. The number of fused-ring (bicyclic) bond motifs is 1. The van der Waals surface area contributed by atoms with E-state index in [9.17, 15) is 4.39 Å². The number of nitrogens with one attached hydrogen (secondary N) is 3. The quantitative estimate of drug-likeness (QED) is 0.346. The first kappa shape index (κ1) is 20.3. The van der Waals surface area contributed by atoms with E-state index in [1.807, 2.05) is 12.2 Å². The zero-order valence-corrected chi connectivity index (χ0v) is 15.5. The third kappa shape index (κ3) is 5.72. The van der Waals surface area contributed by atoms with E-state index >= 15 is 0 Å². The highest BCUT2D eigenvalue weighted by Crippen LogP contribution is 2.12. The number of amidine groups is 1. The van der Waals surface area contributed by atoms with Crippen molar-refractivity contribution in [3.63, 3.8) is 0 Å². The largest absolute Gasteiger partial charge is 0.384 e. The Hall–Kier alpha value is -3.05. The maximum Gasteiger partial charge on any atom is 0.161 e. The number of hydrogen-bond acceptors (Lipinski definition) is 6. The molecule has 0 fully saturated rings. The third-order valence-corrected chi connectivity index (χ3v) is 3.87. The molecule has 0 aromatic carbocycles. The van der Waals surface area contributed by atoms with Crippen LogP contribution in [-0.4, -0.2) is 49.4 Å². The van der Waals surface area contributed by atoms with E-state index in [2.05, 4.69) is 48.6 Å². The van der Waals surface area contributed by atoms with Crippen LogP contribution in [0.5, 0.6) is 0 Å². The van der Waals surface area contributed by atoms with Gasteiger partial charge in [-0.05, 0) is 19.4 Å². The predicted molar refractivity (Wildman–Crippen MR) is 110 cm³/mol. The monoisotopic (exact) mass is 369 g/mol. The topological polar surface area (TPSA) is 85.5 Å². The van der Waals surface area contributed by atoms with Gasteiger partial charge in [0.1, 0.15) is 18.2 Å². The number of aliphatic imine (C=N–C) groups is 4. The summed E-state index contributed by atoms with van der Waals surface area (Å²) < 4.78 is 13.3. The number of hydrogen-bond donors (Lipinski definition) is 3. The Balaban J connectivity index is 1.86. The van der Waals surface area contributed by atoms with Crippen molar-refractivity contribution in [3.8, 4) is 12.3 Å². The maximum atomic E-state index is 13.3. The zero-order chi connectivity index (χ0) is 19.6. The molecule has 0 radical (unpaired) electrons. The van der Waals surface area contributed by atoms with Crippen LogP contribution in [0.4, 0.5) is 4.39 Å². The van der Waals surface area contributed by atoms with Crippen LogP contribution in [0, 0.1) is 12.3 Å². The van der Waals surface area contributed by atoms with Gasteiger partial charge in [0.2, 0.25) is 0 Å². The normalized spacial score (nSPS) is 21.8. The van der Waals surface area contributed by atoms with Crippen LogP contribution in [0.3, 0.4) is 0 Å². The van der Waals surface area contributed by atoms with Gasteiger partial charge in [0.25, 0.3) is 0 Å². The fraction of sp³-hybridized carbons (Fsp3) is 0.368. The minimum Gasteiger partial charge on any atom is -0.384 e. The molecule has 0 saturated heterocycles. The van der Waals surface area contributed by atoms with Gasteiger partial charge in [-0.3, -0.25) is 9.98 Å². The van der Waals surface area contributed by atoms with Crippen LogP contribution in [0.15, 0.2) is 56.3 Å². The van der Waals surface area contributed by atoms with Gasteiger partial charge in [-0.15, -0.1) is 12.3 Å². The third-order valence-electron chi connectivity index (χ3n) is 3.87. The number of nitrogens with zero attached hydrogens (tertiary/aromatic N) is 4. The fourth-order valence-electron chi connectivity index (χ4n) is 2.42. The lowest BCUT2D eigenvalue weighted by molar-refractivity contribution is 0.451. The second-order valence-corrected chi connectivity index (χ2v) is 5.83. The minimum atomic E-state index is -1.15. The number of terminal acetylenes is 1. The zero-order valence-electron chi connectivity index (χ0n) is 15.5. The Morgan fingerprint density at radius 2 is 2.41 bits per heavy atom. The summed E-state index contributed by atoms with van der Waals surface area (Å²) in [6, 6.07) is -0.162. The van der Waals surface area contributed by atoms with Gasteiger partial charge >= 0.3 is 0 Å². The van der Waals surface area contributed by atoms with Gasteiger partial charge in [-0.1, -0.05) is 12.7 Å². The lowest BCUT2D eigenvalue weighted by atomic mass is 10.1.